The zero-order valence-corrected chi connectivity index (χ0v) is 20.7. The van der Waals surface area contributed by atoms with Crippen LogP contribution in [0.2, 0.25) is 0 Å². The van der Waals surface area contributed by atoms with Crippen molar-refractivity contribution in [1.82, 2.24) is 0 Å². The summed E-state index contributed by atoms with van der Waals surface area (Å²) in [6, 6.07) is 17.2. The van der Waals surface area contributed by atoms with Crippen molar-refractivity contribution in [2.75, 3.05) is 6.61 Å². The maximum atomic E-state index is 6.59. The topological polar surface area (TPSA) is 46.2 Å². The van der Waals surface area contributed by atoms with E-state index in [2.05, 4.69) is 69.3 Å². The lowest BCUT2D eigenvalue weighted by Crippen LogP contribution is -2.63. The lowest BCUT2D eigenvalue weighted by molar-refractivity contribution is -0.365. The van der Waals surface area contributed by atoms with Crippen LogP contribution in [-0.2, 0) is 36.5 Å². The van der Waals surface area contributed by atoms with Gasteiger partial charge in [-0.1, -0.05) is 88.6 Å². The molecule has 0 aromatic heterocycles. The van der Waals surface area contributed by atoms with Crippen molar-refractivity contribution < 1.29 is 23.7 Å². The third-order valence-corrected chi connectivity index (χ3v) is 7.14. The van der Waals surface area contributed by atoms with Crippen LogP contribution in [0.25, 0.3) is 0 Å². The van der Waals surface area contributed by atoms with Crippen molar-refractivity contribution in [3.05, 3.63) is 70.8 Å². The number of rotatable bonds is 8. The monoisotopic (exact) mass is 466 g/mol. The van der Waals surface area contributed by atoms with E-state index in [1.54, 1.807) is 0 Å². The second kappa shape index (κ2) is 10.9. The van der Waals surface area contributed by atoms with Crippen molar-refractivity contribution >= 4 is 0 Å². The minimum absolute atomic E-state index is 0.0312. The van der Waals surface area contributed by atoms with Crippen molar-refractivity contribution in [3.63, 3.8) is 0 Å². The molecule has 34 heavy (non-hydrogen) atoms. The standard InChI is InChI=1S/C29H38O5/c1-4-7-19-10-14-21(15-11-19)28-30-18-24-26-27(34-28)25(23(31-24)9-6-3)32-29(33-26)22-16-12-20(8-5-2)13-17-22/h10-17,23-29H,4-9,18H2,1-3H3/t23?,24-,25+,26-,27-,28?,29?/m0/s1. The van der Waals surface area contributed by atoms with E-state index in [1.807, 2.05) is 0 Å². The quantitative estimate of drug-likeness (QED) is 0.473. The summed E-state index contributed by atoms with van der Waals surface area (Å²) in [5, 5.41) is 0. The summed E-state index contributed by atoms with van der Waals surface area (Å²) in [7, 11) is 0. The van der Waals surface area contributed by atoms with E-state index >= 15 is 0 Å². The van der Waals surface area contributed by atoms with E-state index in [1.165, 1.54) is 11.1 Å². The Kier molecular flexibility index (Phi) is 7.67. The first-order valence-corrected chi connectivity index (χ1v) is 13.1. The average Bonchev–Trinajstić information content (AvgIpc) is 2.98. The lowest BCUT2D eigenvalue weighted by atomic mass is 9.91. The second-order valence-electron chi connectivity index (χ2n) is 9.78. The summed E-state index contributed by atoms with van der Waals surface area (Å²) in [5.41, 5.74) is 4.75. The van der Waals surface area contributed by atoms with E-state index in [-0.39, 0.29) is 30.5 Å². The Morgan fingerprint density at radius 3 is 1.76 bits per heavy atom. The van der Waals surface area contributed by atoms with Gasteiger partial charge in [0, 0.05) is 11.1 Å². The van der Waals surface area contributed by atoms with Crippen molar-refractivity contribution in [2.45, 2.75) is 102 Å². The summed E-state index contributed by atoms with van der Waals surface area (Å²) in [6.07, 6.45) is 4.67. The van der Waals surface area contributed by atoms with Gasteiger partial charge in [-0.3, -0.25) is 0 Å². The third kappa shape index (κ3) is 4.95. The molecule has 184 valence electrons. The molecule has 3 aliphatic heterocycles. The Bertz CT molecular complexity index is 911. The van der Waals surface area contributed by atoms with Crippen LogP contribution in [0.3, 0.4) is 0 Å². The second-order valence-corrected chi connectivity index (χ2v) is 9.78. The molecule has 0 saturated carbocycles. The fraction of sp³-hybridized carbons (Fsp3) is 0.586. The number of benzene rings is 2. The fourth-order valence-corrected chi connectivity index (χ4v) is 5.40. The van der Waals surface area contributed by atoms with Gasteiger partial charge in [-0.05, 0) is 30.4 Å². The molecule has 2 aromatic rings. The Morgan fingerprint density at radius 2 is 1.18 bits per heavy atom. The molecule has 4 bridgehead atoms. The van der Waals surface area contributed by atoms with Crippen LogP contribution >= 0.6 is 0 Å². The summed E-state index contributed by atoms with van der Waals surface area (Å²) >= 11 is 0. The molecule has 5 rings (SSSR count). The first kappa shape index (κ1) is 24.0. The van der Waals surface area contributed by atoms with Gasteiger partial charge in [0.1, 0.15) is 24.4 Å². The molecule has 2 aromatic carbocycles. The van der Waals surface area contributed by atoms with Gasteiger partial charge >= 0.3 is 0 Å². The van der Waals surface area contributed by atoms with Crippen LogP contribution in [0.5, 0.6) is 0 Å². The molecular weight excluding hydrogens is 428 g/mol. The number of ether oxygens (including phenoxy) is 5. The number of aryl methyl sites for hydroxylation is 2. The minimum atomic E-state index is -0.447. The van der Waals surface area contributed by atoms with Crippen LogP contribution < -0.4 is 0 Å². The maximum absolute atomic E-state index is 6.59. The molecule has 0 amide bonds. The summed E-state index contributed by atoms with van der Waals surface area (Å²) in [4.78, 5) is 0. The van der Waals surface area contributed by atoms with Gasteiger partial charge in [-0.15, -0.1) is 0 Å². The SMILES string of the molecule is CCCc1ccc(C2OC[C@@H]3OC(CCC)[C@H]4OC(c5ccc(CCC)cc5)O[C@@H]3[C@H]4O2)cc1. The van der Waals surface area contributed by atoms with Crippen LogP contribution in [0, 0.1) is 0 Å². The first-order valence-electron chi connectivity index (χ1n) is 13.1. The van der Waals surface area contributed by atoms with E-state index in [9.17, 15) is 0 Å². The van der Waals surface area contributed by atoms with Crippen molar-refractivity contribution in [3.8, 4) is 0 Å². The Morgan fingerprint density at radius 1 is 0.618 bits per heavy atom. The number of hydrogen-bond acceptors (Lipinski definition) is 5. The fourth-order valence-electron chi connectivity index (χ4n) is 5.40. The smallest absolute Gasteiger partial charge is 0.184 e. The zero-order chi connectivity index (χ0) is 23.5. The van der Waals surface area contributed by atoms with E-state index in [0.717, 1.165) is 49.7 Å². The highest BCUT2D eigenvalue weighted by Gasteiger charge is 2.55. The van der Waals surface area contributed by atoms with Gasteiger partial charge in [-0.2, -0.15) is 0 Å². The average molecular weight is 467 g/mol. The molecule has 0 aliphatic carbocycles. The predicted molar refractivity (Wildman–Crippen MR) is 130 cm³/mol. The molecule has 3 heterocycles. The normalized spacial score (nSPS) is 32.9. The molecule has 0 N–H and O–H groups in total. The van der Waals surface area contributed by atoms with E-state index < -0.39 is 12.6 Å². The Balaban J connectivity index is 1.37. The maximum Gasteiger partial charge on any atom is 0.184 e. The summed E-state index contributed by atoms with van der Waals surface area (Å²) in [6.45, 7) is 7.02. The molecule has 3 aliphatic rings. The van der Waals surface area contributed by atoms with Gasteiger partial charge in [0.05, 0.1) is 12.7 Å². The van der Waals surface area contributed by atoms with Gasteiger partial charge < -0.3 is 23.7 Å². The highest BCUT2D eigenvalue weighted by molar-refractivity contribution is 5.25. The molecule has 7 atom stereocenters. The van der Waals surface area contributed by atoms with Gasteiger partial charge in [0.25, 0.3) is 0 Å². The number of hydrogen-bond donors (Lipinski definition) is 0. The molecular formula is C29H38O5. The van der Waals surface area contributed by atoms with Crippen LogP contribution in [0.4, 0.5) is 0 Å². The van der Waals surface area contributed by atoms with E-state index in [4.69, 9.17) is 23.7 Å². The zero-order valence-electron chi connectivity index (χ0n) is 20.7. The third-order valence-electron chi connectivity index (χ3n) is 7.14. The van der Waals surface area contributed by atoms with Crippen LogP contribution in [-0.4, -0.2) is 37.1 Å². The van der Waals surface area contributed by atoms with E-state index in [0.29, 0.717) is 6.61 Å². The van der Waals surface area contributed by atoms with Crippen LogP contribution in [0.15, 0.2) is 48.5 Å². The molecule has 3 fully saturated rings. The lowest BCUT2D eigenvalue weighted by Gasteiger charge is -2.50. The summed E-state index contributed by atoms with van der Waals surface area (Å²) in [5.74, 6) is 0. The molecule has 5 nitrogen and oxygen atoms in total. The Hall–Kier alpha value is -1.76. The van der Waals surface area contributed by atoms with Gasteiger partial charge in [-0.25, -0.2) is 0 Å². The summed E-state index contributed by atoms with van der Waals surface area (Å²) < 4.78 is 32.4. The Labute approximate surface area is 203 Å². The first-order chi connectivity index (χ1) is 16.7. The van der Waals surface area contributed by atoms with Crippen molar-refractivity contribution in [1.29, 1.82) is 0 Å². The molecule has 5 heteroatoms. The molecule has 0 radical (unpaired) electrons. The minimum Gasteiger partial charge on any atom is -0.367 e. The van der Waals surface area contributed by atoms with Gasteiger partial charge in [0.15, 0.2) is 12.6 Å². The largest absolute Gasteiger partial charge is 0.367 e. The highest BCUT2D eigenvalue weighted by atomic mass is 16.8. The molecule has 3 unspecified atom stereocenters. The van der Waals surface area contributed by atoms with Crippen LogP contribution in [0.1, 0.15) is 81.3 Å². The predicted octanol–water partition coefficient (Wildman–Crippen LogP) is 6.06. The van der Waals surface area contributed by atoms with Gasteiger partial charge in [0.2, 0.25) is 0 Å². The molecule has 0 spiro atoms. The highest BCUT2D eigenvalue weighted by Crippen LogP contribution is 2.44. The molecule has 3 saturated heterocycles. The van der Waals surface area contributed by atoms with Crippen molar-refractivity contribution in [2.24, 2.45) is 0 Å².